The maximum atomic E-state index is 4.78. The molecule has 0 bridgehead atoms. The van der Waals surface area contributed by atoms with Crippen molar-refractivity contribution in [3.63, 3.8) is 0 Å². The van der Waals surface area contributed by atoms with Crippen molar-refractivity contribution in [1.29, 1.82) is 0 Å². The molecule has 1 aromatic rings. The van der Waals surface area contributed by atoms with Gasteiger partial charge in [-0.25, -0.2) is 4.98 Å². The monoisotopic (exact) mass is 259 g/mol. The Hall–Kier alpha value is -1.09. The lowest BCUT2D eigenvalue weighted by Gasteiger charge is -2.24. The minimum atomic E-state index is 0.925. The topological polar surface area (TPSA) is 28.2 Å². The van der Waals surface area contributed by atoms with Crippen LogP contribution in [-0.4, -0.2) is 25.1 Å². The van der Waals surface area contributed by atoms with Crippen molar-refractivity contribution in [1.82, 2.24) is 10.3 Å². The van der Waals surface area contributed by atoms with Crippen LogP contribution in [0.15, 0.2) is 12.1 Å². The van der Waals surface area contributed by atoms with Crippen molar-refractivity contribution in [2.45, 2.75) is 39.2 Å². The fourth-order valence-corrected chi connectivity index (χ4v) is 2.68. The van der Waals surface area contributed by atoms with Crippen LogP contribution in [0.5, 0.6) is 0 Å². The second kappa shape index (κ2) is 5.49. The van der Waals surface area contributed by atoms with Crippen LogP contribution in [-0.2, 0) is 6.54 Å². The van der Waals surface area contributed by atoms with E-state index in [2.05, 4.69) is 29.3 Å². The Morgan fingerprint density at radius 1 is 1.16 bits per heavy atom. The van der Waals surface area contributed by atoms with E-state index in [0.29, 0.717) is 0 Å². The number of hydrogen-bond acceptors (Lipinski definition) is 3. The summed E-state index contributed by atoms with van der Waals surface area (Å²) < 4.78 is 0. The summed E-state index contributed by atoms with van der Waals surface area (Å²) >= 11 is 0. The highest BCUT2D eigenvalue weighted by molar-refractivity contribution is 5.43. The van der Waals surface area contributed by atoms with Gasteiger partial charge in [0.1, 0.15) is 5.82 Å². The van der Waals surface area contributed by atoms with Crippen molar-refractivity contribution in [2.24, 2.45) is 11.8 Å². The molecular weight excluding hydrogens is 234 g/mol. The van der Waals surface area contributed by atoms with Gasteiger partial charge in [0.05, 0.1) is 0 Å². The fourth-order valence-electron chi connectivity index (χ4n) is 2.68. The Labute approximate surface area is 116 Å². The molecule has 0 amide bonds. The molecule has 104 valence electrons. The molecule has 2 fully saturated rings. The van der Waals surface area contributed by atoms with E-state index < -0.39 is 0 Å². The Kier molecular flexibility index (Phi) is 3.74. The maximum Gasteiger partial charge on any atom is 0.129 e. The first-order chi connectivity index (χ1) is 9.24. The third-order valence-corrected chi connectivity index (χ3v) is 4.06. The van der Waals surface area contributed by atoms with Gasteiger partial charge < -0.3 is 10.2 Å². The summed E-state index contributed by atoms with van der Waals surface area (Å²) in [7, 11) is 2.00. The summed E-state index contributed by atoms with van der Waals surface area (Å²) in [5.41, 5.74) is 2.49. The van der Waals surface area contributed by atoms with Gasteiger partial charge in [-0.1, -0.05) is 0 Å². The Morgan fingerprint density at radius 3 is 2.32 bits per heavy atom. The number of aryl methyl sites for hydroxylation is 1. The van der Waals surface area contributed by atoms with Crippen LogP contribution in [0.25, 0.3) is 0 Å². The quantitative estimate of drug-likeness (QED) is 0.816. The SMILES string of the molecule is CNCc1cc(C)nc(N(CC2CC2)CC2CC2)c1. The average molecular weight is 259 g/mol. The molecule has 2 aliphatic rings. The van der Waals surface area contributed by atoms with Crippen LogP contribution >= 0.6 is 0 Å². The van der Waals surface area contributed by atoms with Crippen molar-refractivity contribution < 1.29 is 0 Å². The van der Waals surface area contributed by atoms with Gasteiger partial charge in [0.25, 0.3) is 0 Å². The third-order valence-electron chi connectivity index (χ3n) is 4.06. The average Bonchev–Trinajstić information content (AvgIpc) is 3.22. The molecule has 1 N–H and O–H groups in total. The largest absolute Gasteiger partial charge is 0.356 e. The second-order valence-electron chi connectivity index (χ2n) is 6.30. The first-order valence-electron chi connectivity index (χ1n) is 7.61. The molecule has 2 aliphatic carbocycles. The lowest BCUT2D eigenvalue weighted by molar-refractivity contribution is 0.669. The second-order valence-corrected chi connectivity index (χ2v) is 6.30. The third kappa shape index (κ3) is 3.69. The molecule has 0 aliphatic heterocycles. The predicted octanol–water partition coefficient (Wildman–Crippen LogP) is 2.74. The highest BCUT2D eigenvalue weighted by Gasteiger charge is 2.29. The molecule has 3 rings (SSSR count). The number of rotatable bonds is 7. The molecule has 3 heteroatoms. The van der Waals surface area contributed by atoms with Crippen LogP contribution < -0.4 is 10.2 Å². The Balaban J connectivity index is 1.77. The number of aromatic nitrogens is 1. The minimum absolute atomic E-state index is 0.925. The summed E-state index contributed by atoms with van der Waals surface area (Å²) in [6, 6.07) is 4.46. The van der Waals surface area contributed by atoms with Crippen LogP contribution in [0.3, 0.4) is 0 Å². The number of anilines is 1. The Bertz CT molecular complexity index is 422. The molecule has 19 heavy (non-hydrogen) atoms. The predicted molar refractivity (Wildman–Crippen MR) is 79.4 cm³/mol. The molecule has 0 atom stereocenters. The standard InChI is InChI=1S/C16H25N3/c1-12-7-15(9-17-2)8-16(18-12)19(10-13-3-4-13)11-14-5-6-14/h7-8,13-14,17H,3-6,9-11H2,1-2H3. The van der Waals surface area contributed by atoms with E-state index in [0.717, 1.165) is 24.1 Å². The van der Waals surface area contributed by atoms with Gasteiger partial charge in [-0.3, -0.25) is 0 Å². The lowest BCUT2D eigenvalue weighted by atomic mass is 10.2. The lowest BCUT2D eigenvalue weighted by Crippen LogP contribution is -2.29. The summed E-state index contributed by atoms with van der Waals surface area (Å²) in [5, 5.41) is 3.24. The highest BCUT2D eigenvalue weighted by Crippen LogP contribution is 2.35. The van der Waals surface area contributed by atoms with Crippen molar-refractivity contribution in [3.05, 3.63) is 23.4 Å². The smallest absolute Gasteiger partial charge is 0.129 e. The van der Waals surface area contributed by atoms with E-state index in [1.54, 1.807) is 0 Å². The minimum Gasteiger partial charge on any atom is -0.356 e. The van der Waals surface area contributed by atoms with E-state index >= 15 is 0 Å². The summed E-state index contributed by atoms with van der Waals surface area (Å²) in [5.74, 6) is 3.05. The van der Waals surface area contributed by atoms with E-state index in [-0.39, 0.29) is 0 Å². The molecule has 1 heterocycles. The molecular formula is C16H25N3. The van der Waals surface area contributed by atoms with Crippen molar-refractivity contribution in [3.8, 4) is 0 Å². The summed E-state index contributed by atoms with van der Waals surface area (Å²) in [4.78, 5) is 7.32. The molecule has 1 aromatic heterocycles. The van der Waals surface area contributed by atoms with Crippen molar-refractivity contribution in [2.75, 3.05) is 25.0 Å². The first kappa shape index (κ1) is 12.9. The number of pyridine rings is 1. The molecule has 0 radical (unpaired) electrons. The van der Waals surface area contributed by atoms with Gasteiger partial charge >= 0.3 is 0 Å². The molecule has 3 nitrogen and oxygen atoms in total. The molecule has 0 spiro atoms. The van der Waals surface area contributed by atoms with Gasteiger partial charge in [0, 0.05) is 25.3 Å². The number of hydrogen-bond donors (Lipinski definition) is 1. The van der Waals surface area contributed by atoms with Crippen LogP contribution in [0.4, 0.5) is 5.82 Å². The van der Waals surface area contributed by atoms with Gasteiger partial charge in [-0.2, -0.15) is 0 Å². The van der Waals surface area contributed by atoms with E-state index in [9.17, 15) is 0 Å². The van der Waals surface area contributed by atoms with Gasteiger partial charge in [-0.05, 0) is 69.2 Å². The zero-order valence-electron chi connectivity index (χ0n) is 12.2. The highest BCUT2D eigenvalue weighted by atomic mass is 15.2. The molecule has 0 saturated heterocycles. The van der Waals surface area contributed by atoms with Crippen LogP contribution in [0, 0.1) is 18.8 Å². The van der Waals surface area contributed by atoms with E-state index in [1.807, 2.05) is 7.05 Å². The molecule has 0 unspecified atom stereocenters. The van der Waals surface area contributed by atoms with Gasteiger partial charge in [-0.15, -0.1) is 0 Å². The zero-order valence-corrected chi connectivity index (χ0v) is 12.2. The van der Waals surface area contributed by atoms with Gasteiger partial charge in [0.2, 0.25) is 0 Å². The van der Waals surface area contributed by atoms with E-state index in [1.165, 1.54) is 50.2 Å². The molecule has 2 saturated carbocycles. The van der Waals surface area contributed by atoms with Gasteiger partial charge in [0.15, 0.2) is 0 Å². The molecule has 0 aromatic carbocycles. The zero-order chi connectivity index (χ0) is 13.2. The summed E-state index contributed by atoms with van der Waals surface area (Å²) in [6.07, 6.45) is 5.65. The fraction of sp³-hybridized carbons (Fsp3) is 0.688. The van der Waals surface area contributed by atoms with E-state index in [4.69, 9.17) is 4.98 Å². The maximum absolute atomic E-state index is 4.78. The Morgan fingerprint density at radius 2 is 1.79 bits per heavy atom. The number of nitrogens with zero attached hydrogens (tertiary/aromatic N) is 2. The normalized spacial score (nSPS) is 18.6. The first-order valence-corrected chi connectivity index (χ1v) is 7.61. The van der Waals surface area contributed by atoms with Crippen LogP contribution in [0.2, 0.25) is 0 Å². The summed E-state index contributed by atoms with van der Waals surface area (Å²) in [6.45, 7) is 5.46. The van der Waals surface area contributed by atoms with Crippen molar-refractivity contribution >= 4 is 5.82 Å². The number of nitrogens with one attached hydrogen (secondary N) is 1. The van der Waals surface area contributed by atoms with Crippen LogP contribution in [0.1, 0.15) is 36.9 Å².